The number of ether oxygens (including phenoxy) is 1. The van der Waals surface area contributed by atoms with Crippen LogP contribution in [0.1, 0.15) is 28.9 Å². The Morgan fingerprint density at radius 1 is 1.44 bits per heavy atom. The van der Waals surface area contributed by atoms with Crippen LogP contribution in [-0.4, -0.2) is 42.1 Å². The molecule has 1 aliphatic rings. The van der Waals surface area contributed by atoms with Gasteiger partial charge < -0.3 is 9.26 Å². The first-order chi connectivity index (χ1) is 11.8. The molecule has 9 nitrogen and oxygen atoms in total. The van der Waals surface area contributed by atoms with E-state index in [0.717, 1.165) is 10.6 Å². The number of carbonyl (C=O) groups is 1. The fourth-order valence-corrected chi connectivity index (χ4v) is 5.45. The number of thiazole rings is 1. The van der Waals surface area contributed by atoms with Gasteiger partial charge in [-0.25, -0.2) is 18.2 Å². The van der Waals surface area contributed by atoms with Gasteiger partial charge in [-0.15, -0.1) is 0 Å². The second kappa shape index (κ2) is 6.73. The molecule has 0 aliphatic carbocycles. The molecule has 1 N–H and O–H groups in total. The number of hydrogen-bond acceptors (Lipinski definition) is 8. The molecule has 25 heavy (non-hydrogen) atoms. The summed E-state index contributed by atoms with van der Waals surface area (Å²) in [6.07, 6.45) is -0.104. The summed E-state index contributed by atoms with van der Waals surface area (Å²) in [7, 11) is -3.70. The van der Waals surface area contributed by atoms with E-state index < -0.39 is 16.1 Å². The van der Waals surface area contributed by atoms with Gasteiger partial charge in [0.25, 0.3) is 0 Å². The Hall–Kier alpha value is -1.98. The van der Waals surface area contributed by atoms with Gasteiger partial charge in [0.15, 0.2) is 10.9 Å². The van der Waals surface area contributed by atoms with Crippen molar-refractivity contribution in [1.29, 1.82) is 0 Å². The molecule has 0 unspecified atom stereocenters. The van der Waals surface area contributed by atoms with Gasteiger partial charge in [0, 0.05) is 17.8 Å². The molecule has 0 atom stereocenters. The summed E-state index contributed by atoms with van der Waals surface area (Å²) < 4.78 is 37.0. The molecule has 0 spiro atoms. The molecule has 0 fully saturated rings. The van der Waals surface area contributed by atoms with E-state index in [1.54, 1.807) is 20.8 Å². The first-order valence-electron chi connectivity index (χ1n) is 7.68. The van der Waals surface area contributed by atoms with Crippen molar-refractivity contribution in [3.8, 4) is 0 Å². The zero-order valence-corrected chi connectivity index (χ0v) is 15.7. The van der Waals surface area contributed by atoms with Gasteiger partial charge in [0.2, 0.25) is 10.0 Å². The maximum atomic E-state index is 12.9. The van der Waals surface area contributed by atoms with E-state index in [-0.39, 0.29) is 23.8 Å². The van der Waals surface area contributed by atoms with Crippen molar-refractivity contribution in [3.05, 3.63) is 22.0 Å². The molecule has 3 heterocycles. The Morgan fingerprint density at radius 2 is 2.20 bits per heavy atom. The third-order valence-corrected chi connectivity index (χ3v) is 6.83. The molecule has 1 amide bonds. The number of nitrogens with zero attached hydrogens (tertiary/aromatic N) is 3. The number of rotatable bonds is 4. The van der Waals surface area contributed by atoms with Gasteiger partial charge in [-0.2, -0.15) is 4.31 Å². The molecule has 0 saturated carbocycles. The Balaban J connectivity index is 1.81. The zero-order chi connectivity index (χ0) is 18.2. The lowest BCUT2D eigenvalue weighted by molar-refractivity contribution is 0.168. The third-order valence-electron chi connectivity index (χ3n) is 3.75. The van der Waals surface area contributed by atoms with E-state index in [4.69, 9.17) is 9.26 Å². The number of amides is 1. The first-order valence-corrected chi connectivity index (χ1v) is 9.94. The van der Waals surface area contributed by atoms with Crippen molar-refractivity contribution in [1.82, 2.24) is 14.4 Å². The Labute approximate surface area is 149 Å². The lowest BCUT2D eigenvalue weighted by Crippen LogP contribution is -2.36. The number of nitrogens with one attached hydrogen (secondary N) is 1. The van der Waals surface area contributed by atoms with Crippen molar-refractivity contribution in [2.24, 2.45) is 0 Å². The van der Waals surface area contributed by atoms with Crippen molar-refractivity contribution in [3.63, 3.8) is 0 Å². The first kappa shape index (κ1) is 17.8. The van der Waals surface area contributed by atoms with E-state index in [0.29, 0.717) is 23.8 Å². The summed E-state index contributed by atoms with van der Waals surface area (Å²) in [6.45, 7) is 5.67. The Bertz CT molecular complexity index is 883. The summed E-state index contributed by atoms with van der Waals surface area (Å²) >= 11 is 1.25. The molecule has 3 rings (SSSR count). The lowest BCUT2D eigenvalue weighted by Gasteiger charge is -2.25. The average molecular weight is 386 g/mol. The minimum absolute atomic E-state index is 0.116. The maximum Gasteiger partial charge on any atom is 0.413 e. The summed E-state index contributed by atoms with van der Waals surface area (Å²) in [5.74, 6) is 0.275. The van der Waals surface area contributed by atoms with Crippen molar-refractivity contribution < 1.29 is 22.5 Å². The van der Waals surface area contributed by atoms with E-state index in [1.165, 1.54) is 15.6 Å². The highest BCUT2D eigenvalue weighted by Crippen LogP contribution is 2.32. The van der Waals surface area contributed by atoms with E-state index in [1.807, 2.05) is 0 Å². The molecule has 136 valence electrons. The van der Waals surface area contributed by atoms with Crippen LogP contribution in [0.3, 0.4) is 0 Å². The third kappa shape index (κ3) is 3.39. The van der Waals surface area contributed by atoms with Gasteiger partial charge in [-0.05, 0) is 20.8 Å². The molecule has 2 aromatic heterocycles. The van der Waals surface area contributed by atoms with E-state index in [9.17, 15) is 13.2 Å². The number of hydrogen-bond donors (Lipinski definition) is 1. The quantitative estimate of drug-likeness (QED) is 0.855. The number of sulfonamides is 1. The lowest BCUT2D eigenvalue weighted by atomic mass is 10.2. The Kier molecular flexibility index (Phi) is 4.80. The predicted octanol–water partition coefficient (Wildman–Crippen LogP) is 2.06. The molecule has 0 aromatic carbocycles. The van der Waals surface area contributed by atoms with Crippen LogP contribution in [0.5, 0.6) is 0 Å². The minimum Gasteiger partial charge on any atom is -0.450 e. The summed E-state index contributed by atoms with van der Waals surface area (Å²) in [4.78, 5) is 16.7. The number of aromatic nitrogens is 2. The molecule has 0 radical (unpaired) electrons. The van der Waals surface area contributed by atoms with Crippen LogP contribution >= 0.6 is 11.3 Å². The van der Waals surface area contributed by atoms with Gasteiger partial charge in [0.1, 0.15) is 10.6 Å². The van der Waals surface area contributed by atoms with E-state index in [2.05, 4.69) is 15.5 Å². The summed E-state index contributed by atoms with van der Waals surface area (Å²) in [5.41, 5.74) is 1.14. The zero-order valence-electron chi connectivity index (χ0n) is 14.0. The predicted molar refractivity (Wildman–Crippen MR) is 90.0 cm³/mol. The smallest absolute Gasteiger partial charge is 0.413 e. The highest BCUT2D eigenvalue weighted by Gasteiger charge is 2.34. The van der Waals surface area contributed by atoms with Crippen LogP contribution in [-0.2, 0) is 27.7 Å². The normalized spacial score (nSPS) is 15.0. The van der Waals surface area contributed by atoms with E-state index >= 15 is 0 Å². The highest BCUT2D eigenvalue weighted by molar-refractivity contribution is 7.89. The fraction of sp³-hybridized carbons (Fsp3) is 0.500. The molecule has 11 heteroatoms. The molecule has 0 saturated heterocycles. The minimum atomic E-state index is -3.70. The molecule has 2 aromatic rings. The second-order valence-corrected chi connectivity index (χ2v) is 8.43. The molecular weight excluding hydrogens is 368 g/mol. The van der Waals surface area contributed by atoms with Gasteiger partial charge in [-0.3, -0.25) is 5.32 Å². The molecular formula is C14H18N4O5S2. The summed E-state index contributed by atoms with van der Waals surface area (Å²) in [6, 6.07) is 0. The highest BCUT2D eigenvalue weighted by atomic mass is 32.2. The van der Waals surface area contributed by atoms with Crippen LogP contribution < -0.4 is 5.32 Å². The fourth-order valence-electron chi connectivity index (χ4n) is 2.66. The van der Waals surface area contributed by atoms with Gasteiger partial charge in [-0.1, -0.05) is 16.5 Å². The topological polar surface area (TPSA) is 115 Å². The second-order valence-electron chi connectivity index (χ2n) is 5.48. The SMILES string of the molecule is CCOC(=O)Nc1nc2c(s1)CN(S(=O)(=O)c1c(C)noc1C)CC2. The van der Waals surface area contributed by atoms with Gasteiger partial charge >= 0.3 is 6.09 Å². The largest absolute Gasteiger partial charge is 0.450 e. The van der Waals surface area contributed by atoms with Gasteiger partial charge in [0.05, 0.1) is 18.8 Å². The van der Waals surface area contributed by atoms with Crippen LogP contribution in [0.15, 0.2) is 9.42 Å². The van der Waals surface area contributed by atoms with Crippen LogP contribution in [0.2, 0.25) is 0 Å². The molecule has 0 bridgehead atoms. The van der Waals surface area contributed by atoms with Crippen molar-refractivity contribution in [2.75, 3.05) is 18.5 Å². The monoisotopic (exact) mass is 386 g/mol. The van der Waals surface area contributed by atoms with Crippen LogP contribution in [0, 0.1) is 13.8 Å². The maximum absolute atomic E-state index is 12.9. The number of carbonyl (C=O) groups excluding carboxylic acids is 1. The van der Waals surface area contributed by atoms with Crippen LogP contribution in [0.25, 0.3) is 0 Å². The number of fused-ring (bicyclic) bond motifs is 1. The van der Waals surface area contributed by atoms with Crippen molar-refractivity contribution in [2.45, 2.75) is 38.6 Å². The number of aryl methyl sites for hydroxylation is 2. The standard InChI is InChI=1S/C14H18N4O5S2/c1-4-22-14(19)16-13-15-10-5-6-18(7-11(10)24-13)25(20,21)12-8(2)17-23-9(12)3/h4-7H2,1-3H3,(H,15,16,19). The Morgan fingerprint density at radius 3 is 2.84 bits per heavy atom. The molecule has 1 aliphatic heterocycles. The summed E-state index contributed by atoms with van der Waals surface area (Å²) in [5, 5.41) is 6.68. The van der Waals surface area contributed by atoms with Crippen LogP contribution in [0.4, 0.5) is 9.93 Å². The average Bonchev–Trinajstić information content (AvgIpc) is 3.09. The van der Waals surface area contributed by atoms with Crippen molar-refractivity contribution >= 4 is 32.6 Å². The number of anilines is 1.